The molecule has 0 amide bonds. The lowest BCUT2D eigenvalue weighted by Gasteiger charge is -2.13. The minimum Gasteiger partial charge on any atom is -0.508 e. The average molecular weight is 193 g/mol. The van der Waals surface area contributed by atoms with Crippen LogP contribution >= 0.6 is 0 Å². The Morgan fingerprint density at radius 2 is 1.86 bits per heavy atom. The topological polar surface area (TPSA) is 52.5 Å². The van der Waals surface area contributed by atoms with Gasteiger partial charge in [-0.05, 0) is 43.5 Å². The molecule has 2 atom stereocenters. The van der Waals surface area contributed by atoms with Crippen LogP contribution < -0.4 is 5.32 Å². The van der Waals surface area contributed by atoms with Crippen molar-refractivity contribution in [3.05, 3.63) is 24.3 Å². The Kier molecular flexibility index (Phi) is 2.59. The highest BCUT2D eigenvalue weighted by Gasteiger charge is 2.22. The second-order valence-electron chi connectivity index (χ2n) is 3.86. The van der Waals surface area contributed by atoms with Crippen molar-refractivity contribution in [2.45, 2.75) is 31.4 Å². The SMILES string of the molecule is Oc1ccc(NC2CCC(O)C2)cc1. The first-order valence-electron chi connectivity index (χ1n) is 4.97. The molecule has 2 unspecified atom stereocenters. The molecule has 1 saturated carbocycles. The van der Waals surface area contributed by atoms with Gasteiger partial charge in [0.2, 0.25) is 0 Å². The molecule has 0 aromatic heterocycles. The first kappa shape index (κ1) is 9.34. The summed E-state index contributed by atoms with van der Waals surface area (Å²) in [4.78, 5) is 0. The first-order valence-corrected chi connectivity index (χ1v) is 4.97. The van der Waals surface area contributed by atoms with E-state index in [1.165, 1.54) is 0 Å². The number of phenolic OH excluding ortho intramolecular Hbond substituents is 1. The molecule has 0 bridgehead atoms. The second kappa shape index (κ2) is 3.88. The van der Waals surface area contributed by atoms with Crippen LogP contribution in [-0.2, 0) is 0 Å². The third kappa shape index (κ3) is 2.17. The van der Waals surface area contributed by atoms with E-state index < -0.39 is 0 Å². The summed E-state index contributed by atoms with van der Waals surface area (Å²) in [5.41, 5.74) is 1.00. The predicted molar refractivity (Wildman–Crippen MR) is 55.4 cm³/mol. The van der Waals surface area contributed by atoms with Crippen LogP contribution in [0.2, 0.25) is 0 Å². The summed E-state index contributed by atoms with van der Waals surface area (Å²) in [7, 11) is 0. The van der Waals surface area contributed by atoms with E-state index in [1.54, 1.807) is 12.1 Å². The number of rotatable bonds is 2. The predicted octanol–water partition coefficient (Wildman–Crippen LogP) is 1.72. The fourth-order valence-corrected chi connectivity index (χ4v) is 1.88. The minimum absolute atomic E-state index is 0.149. The van der Waals surface area contributed by atoms with Gasteiger partial charge in [-0.25, -0.2) is 0 Å². The molecule has 1 aromatic rings. The highest BCUT2D eigenvalue weighted by molar-refractivity contribution is 5.46. The van der Waals surface area contributed by atoms with Crippen molar-refractivity contribution in [2.24, 2.45) is 0 Å². The molecule has 1 aliphatic carbocycles. The normalized spacial score (nSPS) is 26.4. The summed E-state index contributed by atoms with van der Waals surface area (Å²) >= 11 is 0. The zero-order valence-corrected chi connectivity index (χ0v) is 7.98. The van der Waals surface area contributed by atoms with Crippen molar-refractivity contribution in [3.63, 3.8) is 0 Å². The molecule has 76 valence electrons. The Balaban J connectivity index is 1.94. The van der Waals surface area contributed by atoms with Crippen LogP contribution in [0.15, 0.2) is 24.3 Å². The van der Waals surface area contributed by atoms with Gasteiger partial charge in [0, 0.05) is 11.7 Å². The van der Waals surface area contributed by atoms with Gasteiger partial charge < -0.3 is 15.5 Å². The van der Waals surface area contributed by atoms with E-state index in [-0.39, 0.29) is 11.9 Å². The fourth-order valence-electron chi connectivity index (χ4n) is 1.88. The maximum absolute atomic E-state index is 9.34. The van der Waals surface area contributed by atoms with E-state index in [0.717, 1.165) is 24.9 Å². The van der Waals surface area contributed by atoms with Gasteiger partial charge in [-0.2, -0.15) is 0 Å². The lowest BCUT2D eigenvalue weighted by Crippen LogP contribution is -2.16. The molecule has 1 fully saturated rings. The number of aliphatic hydroxyl groups excluding tert-OH is 1. The Labute approximate surface area is 83.4 Å². The molecule has 3 heteroatoms. The Morgan fingerprint density at radius 1 is 1.14 bits per heavy atom. The number of hydrogen-bond donors (Lipinski definition) is 3. The second-order valence-corrected chi connectivity index (χ2v) is 3.86. The molecule has 2 rings (SSSR count). The Hall–Kier alpha value is -1.22. The van der Waals surface area contributed by atoms with Gasteiger partial charge in [0.1, 0.15) is 5.75 Å². The van der Waals surface area contributed by atoms with Crippen LogP contribution in [0.1, 0.15) is 19.3 Å². The number of nitrogens with one attached hydrogen (secondary N) is 1. The van der Waals surface area contributed by atoms with Crippen LogP contribution in [0.5, 0.6) is 5.75 Å². The number of phenols is 1. The summed E-state index contributed by atoms with van der Waals surface area (Å²) < 4.78 is 0. The minimum atomic E-state index is -0.149. The molecule has 0 radical (unpaired) electrons. The van der Waals surface area contributed by atoms with E-state index in [4.69, 9.17) is 5.11 Å². The summed E-state index contributed by atoms with van der Waals surface area (Å²) in [6.07, 6.45) is 2.57. The lowest BCUT2D eigenvalue weighted by molar-refractivity contribution is 0.182. The van der Waals surface area contributed by atoms with Crippen LogP contribution in [0, 0.1) is 0 Å². The maximum Gasteiger partial charge on any atom is 0.115 e. The lowest BCUT2D eigenvalue weighted by atomic mass is 10.2. The molecule has 0 spiro atoms. The van der Waals surface area contributed by atoms with E-state index in [1.807, 2.05) is 12.1 Å². The van der Waals surface area contributed by atoms with E-state index >= 15 is 0 Å². The molecule has 14 heavy (non-hydrogen) atoms. The number of aliphatic hydroxyl groups is 1. The van der Waals surface area contributed by atoms with E-state index in [9.17, 15) is 5.11 Å². The third-order valence-corrected chi connectivity index (χ3v) is 2.64. The van der Waals surface area contributed by atoms with Crippen molar-refractivity contribution < 1.29 is 10.2 Å². The smallest absolute Gasteiger partial charge is 0.115 e. The molecule has 1 aromatic carbocycles. The van der Waals surface area contributed by atoms with Gasteiger partial charge in [0.15, 0.2) is 0 Å². The summed E-state index contributed by atoms with van der Waals surface area (Å²) in [5, 5.41) is 21.8. The largest absolute Gasteiger partial charge is 0.508 e. The van der Waals surface area contributed by atoms with Gasteiger partial charge in [-0.1, -0.05) is 0 Å². The van der Waals surface area contributed by atoms with Crippen molar-refractivity contribution in [1.82, 2.24) is 0 Å². The van der Waals surface area contributed by atoms with Crippen LogP contribution in [0.3, 0.4) is 0 Å². The van der Waals surface area contributed by atoms with Crippen molar-refractivity contribution in [2.75, 3.05) is 5.32 Å². The quantitative estimate of drug-likeness (QED) is 0.627. The van der Waals surface area contributed by atoms with Crippen LogP contribution in [0.4, 0.5) is 5.69 Å². The van der Waals surface area contributed by atoms with E-state index in [0.29, 0.717) is 6.04 Å². The zero-order valence-electron chi connectivity index (χ0n) is 7.98. The highest BCUT2D eigenvalue weighted by atomic mass is 16.3. The summed E-state index contributed by atoms with van der Waals surface area (Å²) in [6.45, 7) is 0. The number of anilines is 1. The average Bonchev–Trinajstić information content (AvgIpc) is 2.56. The molecule has 1 aliphatic rings. The van der Waals surface area contributed by atoms with Gasteiger partial charge in [0.25, 0.3) is 0 Å². The number of hydrogen-bond acceptors (Lipinski definition) is 3. The fraction of sp³-hybridized carbons (Fsp3) is 0.455. The zero-order chi connectivity index (χ0) is 9.97. The standard InChI is InChI=1S/C11H15NO2/c13-10-4-1-8(2-5-10)12-9-3-6-11(14)7-9/h1-2,4-5,9,11-14H,3,6-7H2. The van der Waals surface area contributed by atoms with Crippen molar-refractivity contribution >= 4 is 5.69 Å². The molecule has 0 heterocycles. The van der Waals surface area contributed by atoms with Gasteiger partial charge in [-0.3, -0.25) is 0 Å². The summed E-state index contributed by atoms with van der Waals surface area (Å²) in [6, 6.07) is 7.39. The molecule has 3 nitrogen and oxygen atoms in total. The van der Waals surface area contributed by atoms with E-state index in [2.05, 4.69) is 5.32 Å². The van der Waals surface area contributed by atoms with Gasteiger partial charge in [-0.15, -0.1) is 0 Å². The molecule has 0 aliphatic heterocycles. The van der Waals surface area contributed by atoms with Crippen molar-refractivity contribution in [1.29, 1.82) is 0 Å². The Bertz CT molecular complexity index is 297. The number of aromatic hydroxyl groups is 1. The van der Waals surface area contributed by atoms with Crippen molar-refractivity contribution in [3.8, 4) is 5.75 Å². The number of benzene rings is 1. The first-order chi connectivity index (χ1) is 6.74. The maximum atomic E-state index is 9.34. The monoisotopic (exact) mass is 193 g/mol. The molecular weight excluding hydrogens is 178 g/mol. The Morgan fingerprint density at radius 3 is 2.43 bits per heavy atom. The van der Waals surface area contributed by atoms with Crippen LogP contribution in [-0.4, -0.2) is 22.4 Å². The molecular formula is C11H15NO2. The molecule has 3 N–H and O–H groups in total. The van der Waals surface area contributed by atoms with Crippen LogP contribution in [0.25, 0.3) is 0 Å². The van der Waals surface area contributed by atoms with Gasteiger partial charge in [0.05, 0.1) is 6.10 Å². The highest BCUT2D eigenvalue weighted by Crippen LogP contribution is 2.23. The third-order valence-electron chi connectivity index (χ3n) is 2.64. The van der Waals surface area contributed by atoms with Gasteiger partial charge >= 0.3 is 0 Å². The summed E-state index contributed by atoms with van der Waals surface area (Å²) in [5.74, 6) is 0.280. The molecule has 0 saturated heterocycles.